The minimum Gasteiger partial charge on any atom is -0.493 e. The summed E-state index contributed by atoms with van der Waals surface area (Å²) < 4.78 is 66.4. The third-order valence-electron chi connectivity index (χ3n) is 14.3. The van der Waals surface area contributed by atoms with Crippen LogP contribution in [0.15, 0.2) is 145 Å². The number of fused-ring (bicyclic) bond motifs is 3. The van der Waals surface area contributed by atoms with Crippen molar-refractivity contribution in [1.82, 2.24) is 4.98 Å². The van der Waals surface area contributed by atoms with Crippen molar-refractivity contribution in [3.05, 3.63) is 173 Å². The molecule has 0 spiro atoms. The Hall–Kier alpha value is -8.64. The van der Waals surface area contributed by atoms with Crippen molar-refractivity contribution in [3.8, 4) is 34.5 Å². The van der Waals surface area contributed by atoms with Crippen molar-refractivity contribution >= 4 is 78.4 Å². The number of esters is 3. The van der Waals surface area contributed by atoms with Gasteiger partial charge in [0, 0.05) is 47.9 Å². The van der Waals surface area contributed by atoms with Gasteiger partial charge in [0.1, 0.15) is 29.6 Å². The van der Waals surface area contributed by atoms with Crippen LogP contribution in [-0.2, 0) is 30.4 Å². The van der Waals surface area contributed by atoms with Gasteiger partial charge in [-0.25, -0.2) is 24.4 Å². The Morgan fingerprint density at radius 1 is 0.762 bits per heavy atom. The van der Waals surface area contributed by atoms with Gasteiger partial charge < -0.3 is 42.6 Å². The number of hydrogen-bond donors (Lipinski definition) is 0. The van der Waals surface area contributed by atoms with E-state index in [0.717, 1.165) is 102 Å². The molecule has 9 rings (SSSR count). The molecule has 0 saturated carbocycles. The van der Waals surface area contributed by atoms with E-state index in [1.807, 2.05) is 67.7 Å². The van der Waals surface area contributed by atoms with Gasteiger partial charge in [0.05, 0.1) is 68.7 Å². The lowest BCUT2D eigenvalue weighted by Gasteiger charge is -2.40. The molecule has 0 amide bonds. The fourth-order valence-corrected chi connectivity index (χ4v) is 10.4. The molecule has 1 aliphatic heterocycles. The van der Waals surface area contributed by atoms with Gasteiger partial charge >= 0.3 is 17.9 Å². The molecule has 1 aromatic heterocycles. The highest BCUT2D eigenvalue weighted by Gasteiger charge is 2.37. The number of benzene rings is 7. The normalized spacial score (nSPS) is 12.8. The number of ether oxygens (including phenoxy) is 9. The summed E-state index contributed by atoms with van der Waals surface area (Å²) in [6.45, 7) is 13.5. The van der Waals surface area contributed by atoms with E-state index in [4.69, 9.17) is 52.7 Å². The number of aromatic nitrogens is 1. The van der Waals surface area contributed by atoms with Crippen LogP contribution in [0.1, 0.15) is 83.6 Å². The van der Waals surface area contributed by atoms with Crippen molar-refractivity contribution in [2.45, 2.75) is 65.9 Å². The second kappa shape index (κ2) is 28.6. The molecule has 1 aliphatic rings. The van der Waals surface area contributed by atoms with Gasteiger partial charge in [-0.05, 0) is 145 Å². The maximum atomic E-state index is 13.8. The number of carbonyl (C=O) groups is 3. The molecule has 2 heterocycles. The molecule has 0 radical (unpaired) electrons. The molecule has 1 saturated heterocycles. The first-order valence-corrected chi connectivity index (χ1v) is 28.8. The molecule has 7 aromatic carbocycles. The monoisotopic (exact) mass is 1160 g/mol. The summed E-state index contributed by atoms with van der Waals surface area (Å²) in [5, 5.41) is 10.2. The minimum absolute atomic E-state index is 0.0135. The van der Waals surface area contributed by atoms with E-state index in [1.165, 1.54) is 24.5 Å². The second-order valence-corrected chi connectivity index (χ2v) is 21.6. The zero-order chi connectivity index (χ0) is 59.0. The van der Waals surface area contributed by atoms with Crippen molar-refractivity contribution in [2.24, 2.45) is 10.5 Å². The molecule has 84 heavy (non-hydrogen) atoms. The van der Waals surface area contributed by atoms with Crippen LogP contribution in [0.25, 0.3) is 37.8 Å². The SMILES string of the molecule is C=C(F)C(=O)OCCCOc1ccc2cc(C(=O)Oc3ccc(/C=C/C(=O)Oc4cc(/C=N/N(C)c5nc6ccccc6s5)c(OCc5cc(C)c(OCCCCCCOCC6(CC)COC6)c(C)c5)c5ccccc45)cc3OC)ccc2c1. The van der Waals surface area contributed by atoms with Crippen LogP contribution in [0.3, 0.4) is 0 Å². The van der Waals surface area contributed by atoms with Crippen LogP contribution >= 0.6 is 11.3 Å². The molecule has 0 N–H and O–H groups in total. The number of anilines is 1. The highest BCUT2D eigenvalue weighted by Crippen LogP contribution is 2.39. The lowest BCUT2D eigenvalue weighted by molar-refractivity contribution is -0.150. The standard InChI is InChI=1S/C67H68FN3O12S/c1-7-67(42-77-43-67)41-76-29-14-8-9-15-30-79-62-44(2)33-48(34-45(62)3)40-81-63-52(39-69-71(5)66-70-56-19-12-13-20-60(56)84-66)38-58(54-17-10-11-18-55(54)63)82-61(72)28-22-47-21-27-57(59(35-47)75-6)83-65(74)51-24-23-50-37-53(26-25-49(50)36-51)78-31-16-32-80-64(73)46(4)68/h10-13,17-28,33-39H,4,7-9,14-16,29-32,40-43H2,1-3,5-6H3/b28-22+,69-39+. The number of rotatable bonds is 29. The number of thiazole rings is 1. The van der Waals surface area contributed by atoms with Crippen LogP contribution < -0.4 is 33.4 Å². The maximum Gasteiger partial charge on any atom is 0.366 e. The molecule has 0 unspecified atom stereocenters. The van der Waals surface area contributed by atoms with Gasteiger partial charge in [-0.1, -0.05) is 85.9 Å². The van der Waals surface area contributed by atoms with E-state index >= 15 is 0 Å². The average molecular weight is 1160 g/mol. The van der Waals surface area contributed by atoms with E-state index in [0.29, 0.717) is 62.9 Å². The van der Waals surface area contributed by atoms with Crippen LogP contribution in [0.4, 0.5) is 9.52 Å². The lowest BCUT2D eigenvalue weighted by atomic mass is 9.84. The maximum absolute atomic E-state index is 13.8. The highest BCUT2D eigenvalue weighted by atomic mass is 32.1. The number of carbonyl (C=O) groups excluding carboxylic acids is 3. The van der Waals surface area contributed by atoms with E-state index in [9.17, 15) is 18.8 Å². The molecule has 8 aromatic rings. The Bertz CT molecular complexity index is 3660. The lowest BCUT2D eigenvalue weighted by Crippen LogP contribution is -2.45. The average Bonchev–Trinajstić information content (AvgIpc) is 3.22. The summed E-state index contributed by atoms with van der Waals surface area (Å²) in [7, 11) is 3.29. The number of methoxy groups -OCH3 is 1. The zero-order valence-corrected chi connectivity index (χ0v) is 48.7. The first-order chi connectivity index (χ1) is 40.8. The summed E-state index contributed by atoms with van der Waals surface area (Å²) >= 11 is 1.52. The predicted octanol–water partition coefficient (Wildman–Crippen LogP) is 14.3. The fraction of sp³-hybridized carbons (Fsp3) is 0.299. The van der Waals surface area contributed by atoms with Gasteiger partial charge in [-0.15, -0.1) is 0 Å². The summed E-state index contributed by atoms with van der Waals surface area (Å²) in [5.41, 5.74) is 5.56. The first-order valence-electron chi connectivity index (χ1n) is 28.0. The van der Waals surface area contributed by atoms with E-state index in [1.54, 1.807) is 65.8 Å². The number of hydrogen-bond acceptors (Lipinski definition) is 16. The van der Waals surface area contributed by atoms with Crippen molar-refractivity contribution in [3.63, 3.8) is 0 Å². The molecule has 1 fully saturated rings. The molecular weight excluding hydrogens is 1090 g/mol. The summed E-state index contributed by atoms with van der Waals surface area (Å²) in [6, 6.07) is 36.9. The zero-order valence-electron chi connectivity index (χ0n) is 47.9. The van der Waals surface area contributed by atoms with Crippen LogP contribution in [0, 0.1) is 19.3 Å². The van der Waals surface area contributed by atoms with Gasteiger partial charge in [0.25, 0.3) is 0 Å². The first kappa shape index (κ1) is 60.0. The molecular formula is C67H68FN3O12S. The Morgan fingerprint density at radius 3 is 2.25 bits per heavy atom. The Balaban J connectivity index is 0.851. The molecule has 17 heteroatoms. The number of unbranched alkanes of at least 4 members (excludes halogenated alkanes) is 3. The van der Waals surface area contributed by atoms with E-state index in [2.05, 4.69) is 39.5 Å². The number of hydrazone groups is 1. The Morgan fingerprint density at radius 2 is 1.50 bits per heavy atom. The topological polar surface area (TPSA) is 163 Å². The molecule has 0 atom stereocenters. The third kappa shape index (κ3) is 15.5. The quantitative estimate of drug-likeness (QED) is 0.0109. The Labute approximate surface area is 492 Å². The number of nitrogens with zero attached hydrogens (tertiary/aromatic N) is 3. The third-order valence-corrected chi connectivity index (χ3v) is 15.4. The highest BCUT2D eigenvalue weighted by molar-refractivity contribution is 7.22. The summed E-state index contributed by atoms with van der Waals surface area (Å²) in [6.07, 6.45) is 10.2. The largest absolute Gasteiger partial charge is 0.493 e. The summed E-state index contributed by atoms with van der Waals surface area (Å²) in [5.74, 6) is -0.749. The number of para-hydroxylation sites is 1. The number of aryl methyl sites for hydroxylation is 2. The smallest absolute Gasteiger partial charge is 0.366 e. The molecule has 0 bridgehead atoms. The van der Waals surface area contributed by atoms with Crippen molar-refractivity contribution in [2.75, 3.05) is 65.4 Å². The van der Waals surface area contributed by atoms with E-state index < -0.39 is 23.7 Å². The van der Waals surface area contributed by atoms with Gasteiger partial charge in [-0.2, -0.15) is 9.49 Å². The number of halogens is 1. The summed E-state index contributed by atoms with van der Waals surface area (Å²) in [4.78, 5) is 43.2. The fourth-order valence-electron chi connectivity index (χ4n) is 9.55. The van der Waals surface area contributed by atoms with E-state index in [-0.39, 0.29) is 36.7 Å². The van der Waals surface area contributed by atoms with Crippen molar-refractivity contribution in [1.29, 1.82) is 0 Å². The van der Waals surface area contributed by atoms with Gasteiger partial charge in [0.2, 0.25) is 11.0 Å². The molecule has 436 valence electrons. The molecule has 15 nitrogen and oxygen atoms in total. The van der Waals surface area contributed by atoms with Crippen molar-refractivity contribution < 1.29 is 61.4 Å². The predicted molar refractivity (Wildman–Crippen MR) is 326 cm³/mol. The Kier molecular flexibility index (Phi) is 20.4. The van der Waals surface area contributed by atoms with Crippen LogP contribution in [0.5, 0.6) is 34.5 Å². The minimum atomic E-state index is -1.15. The van der Waals surface area contributed by atoms with Crippen LogP contribution in [0.2, 0.25) is 0 Å². The van der Waals surface area contributed by atoms with Gasteiger partial charge in [0.15, 0.2) is 11.5 Å². The van der Waals surface area contributed by atoms with Crippen LogP contribution in [-0.4, -0.2) is 89.5 Å². The second-order valence-electron chi connectivity index (χ2n) is 20.6. The molecule has 0 aliphatic carbocycles. The van der Waals surface area contributed by atoms with Gasteiger partial charge in [-0.3, -0.25) is 0 Å².